The number of esters is 1. The van der Waals surface area contributed by atoms with Crippen molar-refractivity contribution in [2.75, 3.05) is 50.2 Å². The van der Waals surface area contributed by atoms with Crippen LogP contribution in [0.2, 0.25) is 0 Å². The summed E-state index contributed by atoms with van der Waals surface area (Å²) in [5.41, 5.74) is 0.600. The monoisotopic (exact) mass is 465 g/mol. The van der Waals surface area contributed by atoms with E-state index < -0.39 is 30.2 Å². The van der Waals surface area contributed by atoms with Gasteiger partial charge in [0.25, 0.3) is 5.91 Å². The summed E-state index contributed by atoms with van der Waals surface area (Å²) >= 11 is 0. The quantitative estimate of drug-likeness (QED) is 0.383. The van der Waals surface area contributed by atoms with E-state index in [0.29, 0.717) is 43.1 Å². The molecule has 0 bridgehead atoms. The van der Waals surface area contributed by atoms with Crippen LogP contribution in [0.15, 0.2) is 47.6 Å². The van der Waals surface area contributed by atoms with E-state index in [1.54, 1.807) is 24.3 Å². The highest BCUT2D eigenvalue weighted by atomic mass is 19.4. The Bertz CT molecular complexity index is 1000. The van der Waals surface area contributed by atoms with E-state index in [2.05, 4.69) is 15.2 Å². The molecule has 1 fully saturated rings. The summed E-state index contributed by atoms with van der Waals surface area (Å²) in [4.78, 5) is 30.5. The van der Waals surface area contributed by atoms with Crippen LogP contribution in [-0.2, 0) is 25.3 Å². The Morgan fingerprint density at radius 1 is 1.15 bits per heavy atom. The van der Waals surface area contributed by atoms with Gasteiger partial charge >= 0.3 is 12.1 Å². The second-order valence-corrected chi connectivity index (χ2v) is 7.00. The van der Waals surface area contributed by atoms with Crippen molar-refractivity contribution in [2.45, 2.75) is 6.18 Å². The Balaban J connectivity index is 1.62. The van der Waals surface area contributed by atoms with E-state index in [9.17, 15) is 22.8 Å². The molecule has 1 saturated heterocycles. The summed E-state index contributed by atoms with van der Waals surface area (Å²) < 4.78 is 49.4. The molecule has 0 aromatic heterocycles. The first kappa shape index (κ1) is 24.1. The van der Waals surface area contributed by atoms with Crippen LogP contribution in [0.4, 0.5) is 24.5 Å². The van der Waals surface area contributed by atoms with Crippen molar-refractivity contribution < 1.29 is 37.1 Å². The van der Waals surface area contributed by atoms with Crippen LogP contribution in [0.3, 0.4) is 0 Å². The first-order valence-corrected chi connectivity index (χ1v) is 9.95. The largest absolute Gasteiger partial charge is 0.465 e. The van der Waals surface area contributed by atoms with E-state index >= 15 is 0 Å². The zero-order chi connectivity index (χ0) is 23.8. The van der Waals surface area contributed by atoms with Gasteiger partial charge < -0.3 is 24.5 Å². The summed E-state index contributed by atoms with van der Waals surface area (Å²) in [6, 6.07) is 9.51. The number of anilines is 2. The number of nitrogens with zero attached hydrogens (tertiary/aromatic N) is 2. The predicted molar refractivity (Wildman–Crippen MR) is 114 cm³/mol. The SMILES string of the molecule is COC(=O)c1ccc(/C=N/OCC(=O)Nc2cc(C(F)(F)F)ccc2N2CCOCC2)cc1. The Hall–Kier alpha value is -3.60. The summed E-state index contributed by atoms with van der Waals surface area (Å²) in [6.07, 6.45) is -3.22. The van der Waals surface area contributed by atoms with Gasteiger partial charge in [0.05, 0.1) is 49.0 Å². The molecular weight excluding hydrogens is 443 g/mol. The Morgan fingerprint density at radius 3 is 2.48 bits per heavy atom. The summed E-state index contributed by atoms with van der Waals surface area (Å²) in [6.45, 7) is 1.35. The fourth-order valence-corrected chi connectivity index (χ4v) is 3.10. The number of hydrogen-bond acceptors (Lipinski definition) is 7. The highest BCUT2D eigenvalue weighted by Crippen LogP contribution is 2.35. The predicted octanol–water partition coefficient (Wildman–Crippen LogP) is 3.32. The van der Waals surface area contributed by atoms with Gasteiger partial charge in [-0.05, 0) is 35.9 Å². The Labute approximate surface area is 187 Å². The average molecular weight is 465 g/mol. The maximum absolute atomic E-state index is 13.2. The summed E-state index contributed by atoms with van der Waals surface area (Å²) in [5, 5.41) is 6.15. The van der Waals surface area contributed by atoms with E-state index in [4.69, 9.17) is 9.57 Å². The molecular formula is C22H22F3N3O5. The van der Waals surface area contributed by atoms with E-state index in [1.807, 2.05) is 4.90 Å². The number of ether oxygens (including phenoxy) is 2. The van der Waals surface area contributed by atoms with Gasteiger partial charge in [0.1, 0.15) is 0 Å². The first-order chi connectivity index (χ1) is 15.8. The van der Waals surface area contributed by atoms with E-state index in [-0.39, 0.29) is 5.69 Å². The molecule has 176 valence electrons. The van der Waals surface area contributed by atoms with Gasteiger partial charge in [0, 0.05) is 13.1 Å². The van der Waals surface area contributed by atoms with Gasteiger partial charge in [0.15, 0.2) is 6.61 Å². The van der Waals surface area contributed by atoms with Crippen LogP contribution in [-0.4, -0.2) is 58.1 Å². The number of carbonyl (C=O) groups is 2. The van der Waals surface area contributed by atoms with Gasteiger partial charge in [-0.2, -0.15) is 13.2 Å². The number of benzene rings is 2. The number of halogens is 3. The minimum atomic E-state index is -4.55. The Kier molecular flexibility index (Phi) is 7.88. The second-order valence-electron chi connectivity index (χ2n) is 7.00. The summed E-state index contributed by atoms with van der Waals surface area (Å²) in [5.74, 6) is -1.14. The van der Waals surface area contributed by atoms with Crippen molar-refractivity contribution in [1.82, 2.24) is 0 Å². The normalized spacial score (nSPS) is 14.2. The minimum Gasteiger partial charge on any atom is -0.465 e. The number of amides is 1. The fourth-order valence-electron chi connectivity index (χ4n) is 3.10. The number of methoxy groups -OCH3 is 1. The van der Waals surface area contributed by atoms with E-state index in [0.717, 1.165) is 12.1 Å². The molecule has 2 aromatic carbocycles. The molecule has 1 amide bonds. The molecule has 1 aliphatic rings. The number of carbonyl (C=O) groups excluding carboxylic acids is 2. The zero-order valence-corrected chi connectivity index (χ0v) is 17.7. The lowest BCUT2D eigenvalue weighted by Gasteiger charge is -2.31. The molecule has 0 aliphatic carbocycles. The third-order valence-electron chi connectivity index (χ3n) is 4.75. The Morgan fingerprint density at radius 2 is 1.85 bits per heavy atom. The van der Waals surface area contributed by atoms with Crippen LogP contribution in [0.1, 0.15) is 21.5 Å². The molecule has 0 spiro atoms. The maximum atomic E-state index is 13.2. The molecule has 33 heavy (non-hydrogen) atoms. The van der Waals surface area contributed by atoms with Crippen molar-refractivity contribution >= 4 is 29.5 Å². The summed E-state index contributed by atoms with van der Waals surface area (Å²) in [7, 11) is 1.28. The van der Waals surface area contributed by atoms with Crippen molar-refractivity contribution in [3.05, 3.63) is 59.2 Å². The third-order valence-corrected chi connectivity index (χ3v) is 4.75. The van der Waals surface area contributed by atoms with Gasteiger partial charge in [-0.25, -0.2) is 4.79 Å². The number of oxime groups is 1. The lowest BCUT2D eigenvalue weighted by Crippen LogP contribution is -2.37. The maximum Gasteiger partial charge on any atom is 0.416 e. The molecule has 0 unspecified atom stereocenters. The molecule has 3 rings (SSSR count). The van der Waals surface area contributed by atoms with Crippen molar-refractivity contribution in [3.63, 3.8) is 0 Å². The highest BCUT2D eigenvalue weighted by Gasteiger charge is 2.32. The number of hydrogen-bond donors (Lipinski definition) is 1. The van der Waals surface area contributed by atoms with Crippen LogP contribution in [0.25, 0.3) is 0 Å². The lowest BCUT2D eigenvalue weighted by atomic mass is 10.1. The molecule has 2 aromatic rings. The van der Waals surface area contributed by atoms with Crippen molar-refractivity contribution in [3.8, 4) is 0 Å². The van der Waals surface area contributed by atoms with Crippen LogP contribution in [0.5, 0.6) is 0 Å². The number of rotatable bonds is 7. The molecule has 1 N–H and O–H groups in total. The molecule has 0 radical (unpaired) electrons. The minimum absolute atomic E-state index is 0.0303. The van der Waals surface area contributed by atoms with Crippen molar-refractivity contribution in [1.29, 1.82) is 0 Å². The molecule has 0 saturated carbocycles. The van der Waals surface area contributed by atoms with Gasteiger partial charge in [-0.15, -0.1) is 0 Å². The average Bonchev–Trinajstić information content (AvgIpc) is 2.81. The topological polar surface area (TPSA) is 89.5 Å². The smallest absolute Gasteiger partial charge is 0.416 e. The number of nitrogens with one attached hydrogen (secondary N) is 1. The van der Waals surface area contributed by atoms with Crippen molar-refractivity contribution in [2.24, 2.45) is 5.16 Å². The van der Waals surface area contributed by atoms with Gasteiger partial charge in [-0.3, -0.25) is 4.79 Å². The molecule has 11 heteroatoms. The zero-order valence-electron chi connectivity index (χ0n) is 17.7. The van der Waals surface area contributed by atoms with Gasteiger partial charge in [0.2, 0.25) is 0 Å². The van der Waals surface area contributed by atoms with Gasteiger partial charge in [-0.1, -0.05) is 17.3 Å². The number of alkyl halides is 3. The molecule has 8 nitrogen and oxygen atoms in total. The fraction of sp³-hybridized carbons (Fsp3) is 0.318. The van der Waals surface area contributed by atoms with Crippen LogP contribution >= 0.6 is 0 Å². The number of morpholine rings is 1. The standard InChI is InChI=1S/C22H22F3N3O5/c1-31-21(30)16-4-2-15(3-5-16)13-26-33-14-20(29)27-18-12-17(22(23,24)25)6-7-19(18)28-8-10-32-11-9-28/h2-7,12-13H,8-11,14H2,1H3,(H,27,29)/b26-13+. The first-order valence-electron chi connectivity index (χ1n) is 9.95. The highest BCUT2D eigenvalue weighted by molar-refractivity contribution is 5.95. The van der Waals surface area contributed by atoms with E-state index in [1.165, 1.54) is 19.4 Å². The van der Waals surface area contributed by atoms with Crippen LogP contribution < -0.4 is 10.2 Å². The molecule has 1 aliphatic heterocycles. The molecule has 0 atom stereocenters. The third kappa shape index (κ3) is 6.69. The second kappa shape index (κ2) is 10.8. The molecule has 1 heterocycles. The lowest BCUT2D eigenvalue weighted by molar-refractivity contribution is -0.137. The van der Waals surface area contributed by atoms with Crippen LogP contribution in [0, 0.1) is 0 Å².